The van der Waals surface area contributed by atoms with Crippen molar-refractivity contribution < 1.29 is 14.6 Å². The van der Waals surface area contributed by atoms with E-state index >= 15 is 0 Å². The van der Waals surface area contributed by atoms with Gasteiger partial charge in [-0.15, -0.1) is 0 Å². The summed E-state index contributed by atoms with van der Waals surface area (Å²) in [6.07, 6.45) is 4.65. The van der Waals surface area contributed by atoms with Crippen LogP contribution in [-0.2, 0) is 25.9 Å². The molecule has 3 aromatic rings. The standard InChI is InChI=1S/C28H34FN5O2/c1-2-17-12-26(36)22(29)13-21(17)18-6-7-20-24(11-18)32-33-27(20)28-30-23-8-9-34(15-25(23)31-28)14-16-4-3-5-19(35)10-16/h3-5,10,12-13,18,20,24,27,32-33,35-36H,2,6-9,11,14-15H2,1H3,(H,30,31). The molecule has 36 heavy (non-hydrogen) atoms. The Morgan fingerprint density at radius 3 is 2.86 bits per heavy atom. The Kier molecular flexibility index (Phi) is 6.19. The zero-order chi connectivity index (χ0) is 24.8. The Balaban J connectivity index is 1.14. The molecule has 1 aromatic heterocycles. The third-order valence-electron chi connectivity index (χ3n) is 8.33. The highest BCUT2D eigenvalue weighted by molar-refractivity contribution is 5.39. The average molecular weight is 492 g/mol. The van der Waals surface area contributed by atoms with Gasteiger partial charge in [0.2, 0.25) is 0 Å². The maximum Gasteiger partial charge on any atom is 0.165 e. The smallest absolute Gasteiger partial charge is 0.165 e. The lowest BCUT2D eigenvalue weighted by molar-refractivity contribution is 0.241. The summed E-state index contributed by atoms with van der Waals surface area (Å²) in [6.45, 7) is 4.62. The molecule has 1 saturated heterocycles. The van der Waals surface area contributed by atoms with Gasteiger partial charge in [-0.05, 0) is 78.5 Å². The summed E-state index contributed by atoms with van der Waals surface area (Å²) in [5.74, 6) is 1.22. The van der Waals surface area contributed by atoms with E-state index in [2.05, 4.69) is 27.7 Å². The zero-order valence-electron chi connectivity index (χ0n) is 20.6. The van der Waals surface area contributed by atoms with E-state index in [1.54, 1.807) is 18.2 Å². The number of aromatic hydroxyl groups is 2. The van der Waals surface area contributed by atoms with Crippen LogP contribution in [-0.4, -0.2) is 37.7 Å². The van der Waals surface area contributed by atoms with Crippen molar-refractivity contribution in [1.29, 1.82) is 0 Å². The molecule has 3 aliphatic rings. The van der Waals surface area contributed by atoms with E-state index in [0.717, 1.165) is 79.9 Å². The number of fused-ring (bicyclic) bond motifs is 2. The summed E-state index contributed by atoms with van der Waals surface area (Å²) in [6, 6.07) is 11.0. The number of aryl methyl sites for hydroxylation is 1. The number of hydrogen-bond acceptors (Lipinski definition) is 6. The summed E-state index contributed by atoms with van der Waals surface area (Å²) < 4.78 is 14.2. The van der Waals surface area contributed by atoms with Gasteiger partial charge >= 0.3 is 0 Å². The van der Waals surface area contributed by atoms with Gasteiger partial charge in [0.15, 0.2) is 11.6 Å². The first-order valence-electron chi connectivity index (χ1n) is 13.1. The largest absolute Gasteiger partial charge is 0.508 e. The van der Waals surface area contributed by atoms with E-state index in [4.69, 9.17) is 4.98 Å². The van der Waals surface area contributed by atoms with Crippen LogP contribution in [0.5, 0.6) is 11.5 Å². The van der Waals surface area contributed by atoms with Gasteiger partial charge in [-0.25, -0.2) is 14.8 Å². The fourth-order valence-corrected chi connectivity index (χ4v) is 6.49. The number of benzene rings is 2. The maximum absolute atomic E-state index is 14.2. The van der Waals surface area contributed by atoms with E-state index < -0.39 is 5.82 Å². The number of phenols is 2. The SMILES string of the molecule is CCc1cc(O)c(F)cc1C1CCC2C(C1)NNC2c1nc2c([nH]1)CN(Cc1cccc(O)c1)CC2. The topological polar surface area (TPSA) is 96.4 Å². The van der Waals surface area contributed by atoms with Gasteiger partial charge < -0.3 is 15.2 Å². The molecular weight excluding hydrogens is 457 g/mol. The van der Waals surface area contributed by atoms with Crippen molar-refractivity contribution in [3.05, 3.63) is 76.1 Å². The van der Waals surface area contributed by atoms with Crippen LogP contribution in [0, 0.1) is 11.7 Å². The lowest BCUT2D eigenvalue weighted by Crippen LogP contribution is -2.35. The second-order valence-electron chi connectivity index (χ2n) is 10.6. The molecule has 7 nitrogen and oxygen atoms in total. The third-order valence-corrected chi connectivity index (χ3v) is 8.33. The summed E-state index contributed by atoms with van der Waals surface area (Å²) in [5, 5.41) is 19.6. The molecule has 2 aliphatic heterocycles. The average Bonchev–Trinajstić information content (AvgIpc) is 3.48. The molecule has 1 saturated carbocycles. The Morgan fingerprint density at radius 1 is 1.14 bits per heavy atom. The monoisotopic (exact) mass is 491 g/mol. The van der Waals surface area contributed by atoms with Crippen LogP contribution in [0.4, 0.5) is 4.39 Å². The number of rotatable bonds is 5. The van der Waals surface area contributed by atoms with Crippen molar-refractivity contribution in [2.75, 3.05) is 6.54 Å². The summed E-state index contributed by atoms with van der Waals surface area (Å²) in [4.78, 5) is 11.0. The number of aromatic amines is 1. The van der Waals surface area contributed by atoms with Gasteiger partial charge in [0.05, 0.1) is 17.4 Å². The fraction of sp³-hybridized carbons (Fsp3) is 0.464. The summed E-state index contributed by atoms with van der Waals surface area (Å²) >= 11 is 0. The van der Waals surface area contributed by atoms with Crippen molar-refractivity contribution in [2.24, 2.45) is 5.92 Å². The molecule has 0 radical (unpaired) electrons. The number of halogens is 1. The van der Waals surface area contributed by atoms with Crippen LogP contribution in [0.15, 0.2) is 36.4 Å². The lowest BCUT2D eigenvalue weighted by atomic mass is 9.73. The molecule has 1 aliphatic carbocycles. The molecule has 0 amide bonds. The Morgan fingerprint density at radius 2 is 2.03 bits per heavy atom. The van der Waals surface area contributed by atoms with Gasteiger partial charge in [0.1, 0.15) is 11.6 Å². The van der Waals surface area contributed by atoms with E-state index in [1.807, 2.05) is 18.2 Å². The van der Waals surface area contributed by atoms with Crippen LogP contribution < -0.4 is 10.9 Å². The zero-order valence-corrected chi connectivity index (χ0v) is 20.6. The molecule has 3 heterocycles. The predicted molar refractivity (Wildman–Crippen MR) is 135 cm³/mol. The van der Waals surface area contributed by atoms with Gasteiger partial charge in [-0.2, -0.15) is 0 Å². The highest BCUT2D eigenvalue weighted by atomic mass is 19.1. The van der Waals surface area contributed by atoms with Gasteiger partial charge in [0, 0.05) is 32.1 Å². The number of H-pyrrole nitrogens is 1. The second kappa shape index (κ2) is 9.50. The molecule has 6 rings (SSSR count). The van der Waals surface area contributed by atoms with Crippen molar-refractivity contribution in [3.8, 4) is 11.5 Å². The molecule has 4 unspecified atom stereocenters. The molecule has 190 valence electrons. The number of nitrogens with zero attached hydrogens (tertiary/aromatic N) is 2. The van der Waals surface area contributed by atoms with E-state index in [9.17, 15) is 14.6 Å². The number of aromatic nitrogens is 2. The third kappa shape index (κ3) is 4.38. The molecule has 0 bridgehead atoms. The summed E-state index contributed by atoms with van der Waals surface area (Å²) in [7, 11) is 0. The summed E-state index contributed by atoms with van der Waals surface area (Å²) in [5.41, 5.74) is 12.5. The predicted octanol–water partition coefficient (Wildman–Crippen LogP) is 4.18. The molecule has 5 N–H and O–H groups in total. The van der Waals surface area contributed by atoms with E-state index in [0.29, 0.717) is 17.7 Å². The molecule has 4 atom stereocenters. The van der Waals surface area contributed by atoms with Crippen molar-refractivity contribution in [2.45, 2.75) is 70.1 Å². The van der Waals surface area contributed by atoms with Crippen molar-refractivity contribution >= 4 is 0 Å². The number of hydrazine groups is 1. The first kappa shape index (κ1) is 23.5. The van der Waals surface area contributed by atoms with Crippen LogP contribution in [0.2, 0.25) is 0 Å². The van der Waals surface area contributed by atoms with Gasteiger partial charge in [0.25, 0.3) is 0 Å². The van der Waals surface area contributed by atoms with Gasteiger partial charge in [-0.1, -0.05) is 19.1 Å². The lowest BCUT2D eigenvalue weighted by Gasteiger charge is -2.33. The fourth-order valence-electron chi connectivity index (χ4n) is 6.49. The van der Waals surface area contributed by atoms with Crippen LogP contribution in [0.25, 0.3) is 0 Å². The normalized spacial score (nSPS) is 26.1. The molecule has 2 aromatic carbocycles. The van der Waals surface area contributed by atoms with Crippen molar-refractivity contribution in [3.63, 3.8) is 0 Å². The first-order chi connectivity index (χ1) is 17.5. The number of phenolic OH excluding ortho intramolecular Hbond substituents is 2. The molecule has 0 spiro atoms. The van der Waals surface area contributed by atoms with Crippen LogP contribution in [0.3, 0.4) is 0 Å². The second-order valence-corrected chi connectivity index (χ2v) is 10.6. The number of nitrogens with one attached hydrogen (secondary N) is 3. The van der Waals surface area contributed by atoms with Crippen LogP contribution >= 0.6 is 0 Å². The van der Waals surface area contributed by atoms with Gasteiger partial charge in [-0.3, -0.25) is 10.3 Å². The quantitative estimate of drug-likeness (QED) is 0.368. The van der Waals surface area contributed by atoms with E-state index in [1.165, 1.54) is 5.69 Å². The first-order valence-corrected chi connectivity index (χ1v) is 13.1. The number of imidazole rings is 1. The van der Waals surface area contributed by atoms with E-state index in [-0.39, 0.29) is 17.7 Å². The molecule has 2 fully saturated rings. The van der Waals surface area contributed by atoms with Crippen LogP contribution in [0.1, 0.15) is 72.0 Å². The van der Waals surface area contributed by atoms with Crippen molar-refractivity contribution in [1.82, 2.24) is 25.7 Å². The molecule has 8 heteroatoms. The highest BCUT2D eigenvalue weighted by Crippen LogP contribution is 2.44. The highest BCUT2D eigenvalue weighted by Gasteiger charge is 2.43. The minimum atomic E-state index is -0.529. The Hall–Kier alpha value is -2.94. The minimum absolute atomic E-state index is 0.128. The Bertz CT molecular complexity index is 1260. The Labute approximate surface area is 210 Å². The maximum atomic E-state index is 14.2. The minimum Gasteiger partial charge on any atom is -0.508 e. The number of hydrogen-bond donors (Lipinski definition) is 5. The molecular formula is C28H34FN5O2.